The van der Waals surface area contributed by atoms with Crippen LogP contribution in [0.2, 0.25) is 0 Å². The lowest BCUT2D eigenvalue weighted by Crippen LogP contribution is -2.06. The van der Waals surface area contributed by atoms with Crippen molar-refractivity contribution < 1.29 is 19.2 Å². The Morgan fingerprint density at radius 3 is 2.62 bits per heavy atom. The maximum absolute atomic E-state index is 10.9. The van der Waals surface area contributed by atoms with Gasteiger partial charge < -0.3 is 14.4 Å². The lowest BCUT2D eigenvalue weighted by atomic mass is 10.3. The maximum atomic E-state index is 10.9. The van der Waals surface area contributed by atoms with E-state index in [9.17, 15) is 4.79 Å². The molecule has 0 aliphatic heterocycles. The minimum absolute atomic E-state index is 0.0462. The largest absolute Gasteiger partial charge is 0.571 e. The third-order valence-electron chi connectivity index (χ3n) is 1.21. The fraction of sp³-hybridized carbons (Fsp3) is 0.167. The van der Waals surface area contributed by atoms with Gasteiger partial charge in [0, 0.05) is 12.4 Å². The van der Waals surface area contributed by atoms with Gasteiger partial charge in [0.15, 0.2) is 0 Å². The van der Waals surface area contributed by atoms with Gasteiger partial charge in [-0.1, -0.05) is 0 Å². The number of methoxy groups -OCH3 is 1. The highest BCUT2D eigenvalue weighted by molar-refractivity contribution is 6.17. The van der Waals surface area contributed by atoms with Crippen molar-refractivity contribution in [2.45, 2.75) is 0 Å². The Balaban J connectivity index is 2.75. The monoisotopic (exact) mass is 181 g/mol. The summed E-state index contributed by atoms with van der Waals surface area (Å²) in [6.07, 6.45) is 2.47. The molecule has 0 spiro atoms. The Morgan fingerprint density at radius 1 is 1.54 bits per heavy atom. The predicted octanol–water partition coefficient (Wildman–Crippen LogP) is -0.832. The smallest absolute Gasteiger partial charge is 0.509 e. The first-order chi connectivity index (χ1) is 6.27. The molecular weight excluding hydrogens is 175 g/mol. The molecule has 0 atom stereocenters. The zero-order chi connectivity index (χ0) is 9.68. The fourth-order valence-electron chi connectivity index (χ4n) is 0.647. The average molecular weight is 181 g/mol. The van der Waals surface area contributed by atoms with Gasteiger partial charge in [0.1, 0.15) is 0 Å². The second-order valence-electron chi connectivity index (χ2n) is 1.97. The molecule has 1 heterocycles. The van der Waals surface area contributed by atoms with E-state index in [2.05, 4.69) is 19.4 Å². The molecule has 0 bridgehead atoms. The minimum Gasteiger partial charge on any atom is -0.509 e. The number of carbonyl (C=O) groups is 1. The average Bonchev–Trinajstić information content (AvgIpc) is 2.18. The topological polar surface area (TPSA) is 81.5 Å². The number of rotatable bonds is 3. The zero-order valence-corrected chi connectivity index (χ0v) is 6.80. The number of hydrogen-bond donors (Lipinski definition) is 1. The summed E-state index contributed by atoms with van der Waals surface area (Å²) in [5, 5.41) is 8.23. The molecule has 7 heteroatoms. The third kappa shape index (κ3) is 2.41. The number of hydrogen-bond acceptors (Lipinski definition) is 6. The SMILES string of the molecule is COC(=O)c1cnc(O[B]O)nc1. The molecule has 1 aromatic heterocycles. The van der Waals surface area contributed by atoms with Gasteiger partial charge in [-0.15, -0.1) is 0 Å². The normalized spacial score (nSPS) is 9.08. The molecule has 1 N–H and O–H groups in total. The lowest BCUT2D eigenvalue weighted by molar-refractivity contribution is 0.0599. The standard InChI is InChI=1S/C6H6BN2O4/c1-12-5(10)4-2-8-6(9-3-4)13-7-11/h2-3,11H,1H3. The van der Waals surface area contributed by atoms with Crippen molar-refractivity contribution in [2.24, 2.45) is 0 Å². The number of aromatic nitrogens is 2. The van der Waals surface area contributed by atoms with Crippen molar-refractivity contribution >= 4 is 13.7 Å². The maximum Gasteiger partial charge on any atom is 0.571 e. The highest BCUT2D eigenvalue weighted by Crippen LogP contribution is 2.02. The summed E-state index contributed by atoms with van der Waals surface area (Å²) in [6.45, 7) is 0. The Bertz CT molecular complexity index is 289. The van der Waals surface area contributed by atoms with E-state index >= 15 is 0 Å². The number of carbonyl (C=O) groups excluding carboxylic acids is 1. The first-order valence-corrected chi connectivity index (χ1v) is 3.31. The van der Waals surface area contributed by atoms with Crippen LogP contribution in [-0.4, -0.2) is 35.8 Å². The minimum atomic E-state index is -0.528. The molecule has 1 aromatic rings. The van der Waals surface area contributed by atoms with Crippen LogP contribution in [-0.2, 0) is 4.74 Å². The van der Waals surface area contributed by atoms with Gasteiger partial charge in [-0.2, -0.15) is 0 Å². The fourth-order valence-corrected chi connectivity index (χ4v) is 0.647. The summed E-state index contributed by atoms with van der Waals surface area (Å²) in [5.41, 5.74) is 0.216. The molecule has 0 unspecified atom stereocenters. The summed E-state index contributed by atoms with van der Waals surface area (Å²) in [6, 6.07) is -0.0462. The van der Waals surface area contributed by atoms with E-state index in [-0.39, 0.29) is 11.6 Å². The van der Waals surface area contributed by atoms with Crippen LogP contribution in [0.3, 0.4) is 0 Å². The second kappa shape index (κ2) is 4.41. The van der Waals surface area contributed by atoms with Crippen LogP contribution in [0.15, 0.2) is 12.4 Å². The Labute approximate surface area is 74.8 Å². The summed E-state index contributed by atoms with van der Waals surface area (Å²) in [4.78, 5) is 18.1. The molecule has 0 saturated heterocycles. The number of nitrogens with zero attached hydrogens (tertiary/aromatic N) is 2. The van der Waals surface area contributed by atoms with E-state index in [1.807, 2.05) is 0 Å². The van der Waals surface area contributed by atoms with Crippen molar-refractivity contribution in [1.29, 1.82) is 0 Å². The molecule has 0 aromatic carbocycles. The van der Waals surface area contributed by atoms with Crippen LogP contribution in [0.25, 0.3) is 0 Å². The Kier molecular flexibility index (Phi) is 3.21. The Morgan fingerprint density at radius 2 is 2.15 bits per heavy atom. The summed E-state index contributed by atoms with van der Waals surface area (Å²) in [5.74, 6) is -0.528. The quantitative estimate of drug-likeness (QED) is 0.483. The molecule has 67 valence electrons. The van der Waals surface area contributed by atoms with Crippen molar-refractivity contribution in [3.63, 3.8) is 0 Å². The molecule has 0 aliphatic carbocycles. The van der Waals surface area contributed by atoms with Crippen molar-refractivity contribution in [3.05, 3.63) is 18.0 Å². The molecule has 0 aliphatic rings. The van der Waals surface area contributed by atoms with Gasteiger partial charge in [-0.3, -0.25) is 0 Å². The van der Waals surface area contributed by atoms with Crippen LogP contribution >= 0.6 is 0 Å². The second-order valence-corrected chi connectivity index (χ2v) is 1.97. The van der Waals surface area contributed by atoms with E-state index in [1.54, 1.807) is 0 Å². The molecule has 13 heavy (non-hydrogen) atoms. The first-order valence-electron chi connectivity index (χ1n) is 3.31. The first kappa shape index (κ1) is 9.46. The van der Waals surface area contributed by atoms with Crippen LogP contribution in [0, 0.1) is 0 Å². The predicted molar refractivity (Wildman–Crippen MR) is 42.0 cm³/mol. The van der Waals surface area contributed by atoms with Crippen molar-refractivity contribution in [3.8, 4) is 6.01 Å². The van der Waals surface area contributed by atoms with E-state index in [0.29, 0.717) is 7.69 Å². The molecule has 1 rings (SSSR count). The highest BCUT2D eigenvalue weighted by Gasteiger charge is 2.06. The summed E-state index contributed by atoms with van der Waals surface area (Å²) in [7, 11) is 1.71. The summed E-state index contributed by atoms with van der Waals surface area (Å²) < 4.78 is 8.85. The van der Waals surface area contributed by atoms with Gasteiger partial charge in [0.05, 0.1) is 12.7 Å². The van der Waals surface area contributed by atoms with Crippen molar-refractivity contribution in [1.82, 2.24) is 9.97 Å². The van der Waals surface area contributed by atoms with Gasteiger partial charge in [-0.25, -0.2) is 14.8 Å². The van der Waals surface area contributed by atoms with Crippen LogP contribution in [0.1, 0.15) is 10.4 Å². The van der Waals surface area contributed by atoms with Crippen LogP contribution in [0.4, 0.5) is 0 Å². The molecule has 0 fully saturated rings. The highest BCUT2D eigenvalue weighted by atomic mass is 16.5. The lowest BCUT2D eigenvalue weighted by Gasteiger charge is -1.99. The summed E-state index contributed by atoms with van der Waals surface area (Å²) >= 11 is 0. The van der Waals surface area contributed by atoms with Crippen molar-refractivity contribution in [2.75, 3.05) is 7.11 Å². The number of ether oxygens (including phenoxy) is 1. The molecule has 1 radical (unpaired) electrons. The van der Waals surface area contributed by atoms with E-state index in [4.69, 9.17) is 5.02 Å². The van der Waals surface area contributed by atoms with Crippen LogP contribution < -0.4 is 4.65 Å². The van der Waals surface area contributed by atoms with Crippen LogP contribution in [0.5, 0.6) is 6.01 Å². The Hall–Kier alpha value is -1.63. The zero-order valence-electron chi connectivity index (χ0n) is 6.80. The van der Waals surface area contributed by atoms with Gasteiger partial charge in [-0.05, 0) is 0 Å². The molecular formula is C6H6BN2O4. The van der Waals surface area contributed by atoms with E-state index in [0.717, 1.165) is 0 Å². The number of esters is 1. The molecule has 0 amide bonds. The van der Waals surface area contributed by atoms with Gasteiger partial charge in [0.25, 0.3) is 6.01 Å². The van der Waals surface area contributed by atoms with Gasteiger partial charge in [0.2, 0.25) is 0 Å². The molecule has 0 saturated carbocycles. The van der Waals surface area contributed by atoms with Gasteiger partial charge >= 0.3 is 13.7 Å². The molecule has 6 nitrogen and oxygen atoms in total. The van der Waals surface area contributed by atoms with E-state index in [1.165, 1.54) is 19.5 Å². The van der Waals surface area contributed by atoms with E-state index < -0.39 is 5.97 Å². The third-order valence-corrected chi connectivity index (χ3v) is 1.21.